The molecule has 1 saturated heterocycles. The summed E-state index contributed by atoms with van der Waals surface area (Å²) in [7, 11) is -3.50. The van der Waals surface area contributed by atoms with Gasteiger partial charge in [0.1, 0.15) is 0 Å². The molecular weight excluding hydrogens is 447 g/mol. The number of hydrogen-bond donors (Lipinski definition) is 1. The molecule has 0 aromatic heterocycles. The molecule has 1 N–H and O–H groups in total. The van der Waals surface area contributed by atoms with E-state index >= 15 is 0 Å². The van der Waals surface area contributed by atoms with Crippen molar-refractivity contribution < 1.29 is 17.9 Å². The molecular formula is C21H22Cl2N2O4S. The van der Waals surface area contributed by atoms with E-state index in [9.17, 15) is 13.2 Å². The van der Waals surface area contributed by atoms with Gasteiger partial charge in [-0.15, -0.1) is 0 Å². The first-order chi connectivity index (χ1) is 14.4. The Bertz CT molecular complexity index is 1020. The molecule has 0 unspecified atom stereocenters. The van der Waals surface area contributed by atoms with Crippen LogP contribution >= 0.6 is 23.2 Å². The normalized spacial score (nSPS) is 15.4. The molecule has 1 amide bonds. The predicted molar refractivity (Wildman–Crippen MR) is 118 cm³/mol. The molecule has 2 aromatic rings. The van der Waals surface area contributed by atoms with Gasteiger partial charge in [-0.1, -0.05) is 41.4 Å². The first-order valence-electron chi connectivity index (χ1n) is 9.44. The molecule has 0 saturated carbocycles. The van der Waals surface area contributed by atoms with E-state index in [1.165, 1.54) is 10.4 Å². The van der Waals surface area contributed by atoms with Crippen molar-refractivity contribution in [1.29, 1.82) is 0 Å². The predicted octanol–water partition coefficient (Wildman–Crippen LogP) is 3.39. The van der Waals surface area contributed by atoms with Crippen LogP contribution < -0.4 is 5.32 Å². The smallest absolute Gasteiger partial charge is 0.244 e. The van der Waals surface area contributed by atoms with Gasteiger partial charge in [-0.05, 0) is 47.9 Å². The topological polar surface area (TPSA) is 75.7 Å². The highest BCUT2D eigenvalue weighted by Crippen LogP contribution is 2.23. The molecule has 1 fully saturated rings. The highest BCUT2D eigenvalue weighted by atomic mass is 35.5. The third-order valence-corrected chi connectivity index (χ3v) is 7.27. The summed E-state index contributed by atoms with van der Waals surface area (Å²) in [5.74, 6) is -0.229. The zero-order chi connectivity index (χ0) is 21.6. The summed E-state index contributed by atoms with van der Waals surface area (Å²) in [5.41, 5.74) is 1.71. The number of carbonyl (C=O) groups excluding carboxylic acids is 1. The largest absolute Gasteiger partial charge is 0.379 e. The maximum atomic E-state index is 12.6. The van der Waals surface area contributed by atoms with Crippen molar-refractivity contribution in [2.75, 3.05) is 32.8 Å². The van der Waals surface area contributed by atoms with Gasteiger partial charge in [0.2, 0.25) is 15.9 Å². The van der Waals surface area contributed by atoms with Gasteiger partial charge in [-0.2, -0.15) is 4.31 Å². The van der Waals surface area contributed by atoms with E-state index in [0.29, 0.717) is 49.3 Å². The first-order valence-corrected chi connectivity index (χ1v) is 11.6. The van der Waals surface area contributed by atoms with Crippen LogP contribution in [0, 0.1) is 0 Å². The second kappa shape index (κ2) is 10.4. The van der Waals surface area contributed by atoms with Crippen LogP contribution in [0.2, 0.25) is 10.0 Å². The average Bonchev–Trinajstić information content (AvgIpc) is 2.75. The fraction of sp³-hybridized carbons (Fsp3) is 0.286. The van der Waals surface area contributed by atoms with Crippen molar-refractivity contribution in [3.05, 3.63) is 69.7 Å². The minimum atomic E-state index is -3.50. The molecule has 6 nitrogen and oxygen atoms in total. The standard InChI is InChI=1S/C21H22Cl2N2O4S/c22-19-7-3-17(15-20(19)23)4-8-21(26)24-10-9-16-1-5-18(6-2-16)30(27,28)25-11-13-29-14-12-25/h1-8,15H,9-14H2,(H,24,26)/b8-4+. The van der Waals surface area contributed by atoms with Gasteiger partial charge in [0.25, 0.3) is 0 Å². The number of nitrogens with zero attached hydrogens (tertiary/aromatic N) is 1. The quantitative estimate of drug-likeness (QED) is 0.631. The van der Waals surface area contributed by atoms with E-state index in [0.717, 1.165) is 11.1 Å². The Balaban J connectivity index is 1.49. The molecule has 0 atom stereocenters. The van der Waals surface area contributed by atoms with Crippen LogP contribution in [-0.4, -0.2) is 51.5 Å². The second-order valence-corrected chi connectivity index (χ2v) is 9.46. The Kier molecular flexibility index (Phi) is 7.91. The number of nitrogens with one attached hydrogen (secondary N) is 1. The molecule has 1 aliphatic heterocycles. The number of ether oxygens (including phenoxy) is 1. The summed E-state index contributed by atoms with van der Waals surface area (Å²) in [6.07, 6.45) is 3.67. The molecule has 0 radical (unpaired) electrons. The van der Waals surface area contributed by atoms with E-state index in [1.54, 1.807) is 48.5 Å². The lowest BCUT2D eigenvalue weighted by Crippen LogP contribution is -2.40. The van der Waals surface area contributed by atoms with Crippen LogP contribution in [0.1, 0.15) is 11.1 Å². The van der Waals surface area contributed by atoms with E-state index < -0.39 is 10.0 Å². The molecule has 2 aromatic carbocycles. The van der Waals surface area contributed by atoms with Crippen molar-refractivity contribution in [2.24, 2.45) is 0 Å². The minimum Gasteiger partial charge on any atom is -0.379 e. The van der Waals surface area contributed by atoms with Crippen LogP contribution in [0.25, 0.3) is 6.08 Å². The first kappa shape index (κ1) is 22.8. The minimum absolute atomic E-state index is 0.229. The zero-order valence-corrected chi connectivity index (χ0v) is 18.5. The Morgan fingerprint density at radius 2 is 1.77 bits per heavy atom. The van der Waals surface area contributed by atoms with Crippen LogP contribution in [-0.2, 0) is 26.0 Å². The van der Waals surface area contributed by atoms with Crippen LogP contribution in [0.15, 0.2) is 53.4 Å². The monoisotopic (exact) mass is 468 g/mol. The molecule has 1 heterocycles. The Morgan fingerprint density at radius 1 is 1.07 bits per heavy atom. The van der Waals surface area contributed by atoms with Gasteiger partial charge in [-0.25, -0.2) is 8.42 Å². The number of halogens is 2. The summed E-state index contributed by atoms with van der Waals surface area (Å²) in [4.78, 5) is 12.2. The van der Waals surface area contributed by atoms with Gasteiger partial charge in [0.05, 0.1) is 28.2 Å². The van der Waals surface area contributed by atoms with Gasteiger partial charge in [0, 0.05) is 25.7 Å². The average molecular weight is 469 g/mol. The Hall–Kier alpha value is -1.90. The third kappa shape index (κ3) is 6.06. The highest BCUT2D eigenvalue weighted by molar-refractivity contribution is 7.89. The molecule has 30 heavy (non-hydrogen) atoms. The maximum absolute atomic E-state index is 12.6. The van der Waals surface area contributed by atoms with E-state index in [4.69, 9.17) is 27.9 Å². The van der Waals surface area contributed by atoms with Crippen molar-refractivity contribution in [3.8, 4) is 0 Å². The summed E-state index contributed by atoms with van der Waals surface area (Å²) in [6.45, 7) is 1.99. The summed E-state index contributed by atoms with van der Waals surface area (Å²) in [5, 5.41) is 3.69. The molecule has 9 heteroatoms. The van der Waals surface area contributed by atoms with Crippen LogP contribution in [0.3, 0.4) is 0 Å². The highest BCUT2D eigenvalue weighted by Gasteiger charge is 2.25. The number of hydrogen-bond acceptors (Lipinski definition) is 4. The van der Waals surface area contributed by atoms with Crippen LogP contribution in [0.4, 0.5) is 0 Å². The van der Waals surface area contributed by atoms with Gasteiger partial charge in [0.15, 0.2) is 0 Å². The molecule has 0 spiro atoms. The summed E-state index contributed by atoms with van der Waals surface area (Å²) >= 11 is 11.8. The number of benzene rings is 2. The molecule has 160 valence electrons. The fourth-order valence-electron chi connectivity index (χ4n) is 2.94. The van der Waals surface area contributed by atoms with Crippen molar-refractivity contribution >= 4 is 45.2 Å². The maximum Gasteiger partial charge on any atom is 0.244 e. The molecule has 0 bridgehead atoms. The molecule has 1 aliphatic rings. The number of sulfonamides is 1. The number of amides is 1. The van der Waals surface area contributed by atoms with Crippen molar-refractivity contribution in [3.63, 3.8) is 0 Å². The Morgan fingerprint density at radius 3 is 2.43 bits per heavy atom. The number of morpholine rings is 1. The lowest BCUT2D eigenvalue weighted by Gasteiger charge is -2.26. The Labute approximate surface area is 186 Å². The molecule has 0 aliphatic carbocycles. The van der Waals surface area contributed by atoms with E-state index in [-0.39, 0.29) is 10.8 Å². The number of rotatable bonds is 7. The van der Waals surface area contributed by atoms with Crippen molar-refractivity contribution in [2.45, 2.75) is 11.3 Å². The summed E-state index contributed by atoms with van der Waals surface area (Å²) in [6, 6.07) is 11.9. The van der Waals surface area contributed by atoms with E-state index in [2.05, 4.69) is 5.32 Å². The van der Waals surface area contributed by atoms with Gasteiger partial charge < -0.3 is 10.1 Å². The zero-order valence-electron chi connectivity index (χ0n) is 16.2. The second-order valence-electron chi connectivity index (χ2n) is 6.71. The van der Waals surface area contributed by atoms with Gasteiger partial charge >= 0.3 is 0 Å². The lowest BCUT2D eigenvalue weighted by molar-refractivity contribution is -0.116. The van der Waals surface area contributed by atoms with Gasteiger partial charge in [-0.3, -0.25) is 4.79 Å². The van der Waals surface area contributed by atoms with E-state index in [1.807, 2.05) is 0 Å². The number of carbonyl (C=O) groups is 1. The van der Waals surface area contributed by atoms with Crippen LogP contribution in [0.5, 0.6) is 0 Å². The summed E-state index contributed by atoms with van der Waals surface area (Å²) < 4.78 is 31.9. The van der Waals surface area contributed by atoms with Crippen molar-refractivity contribution in [1.82, 2.24) is 9.62 Å². The SMILES string of the molecule is O=C(/C=C/c1ccc(Cl)c(Cl)c1)NCCc1ccc(S(=O)(=O)N2CCOCC2)cc1. The lowest BCUT2D eigenvalue weighted by atomic mass is 10.1. The molecule has 3 rings (SSSR count). The fourth-order valence-corrected chi connectivity index (χ4v) is 4.66. The third-order valence-electron chi connectivity index (χ3n) is 4.61.